The van der Waals surface area contributed by atoms with E-state index in [-0.39, 0.29) is 36.4 Å². The van der Waals surface area contributed by atoms with Gasteiger partial charge in [0.05, 0.1) is 6.10 Å². The molecule has 2 rings (SSSR count). The lowest BCUT2D eigenvalue weighted by Gasteiger charge is -2.34. The van der Waals surface area contributed by atoms with Gasteiger partial charge in [-0.1, -0.05) is 0 Å². The second kappa shape index (κ2) is 10.3. The van der Waals surface area contributed by atoms with Gasteiger partial charge in [0.15, 0.2) is 5.96 Å². The van der Waals surface area contributed by atoms with Crippen LogP contribution in [-0.4, -0.2) is 61.7 Å². The van der Waals surface area contributed by atoms with E-state index < -0.39 is 0 Å². The minimum Gasteiger partial charge on any atom is -0.378 e. The number of amides is 1. The maximum atomic E-state index is 11.7. The van der Waals surface area contributed by atoms with Crippen LogP contribution in [0.4, 0.5) is 0 Å². The highest BCUT2D eigenvalue weighted by Crippen LogP contribution is 2.18. The van der Waals surface area contributed by atoms with Crippen LogP contribution in [0.3, 0.4) is 0 Å². The van der Waals surface area contributed by atoms with E-state index in [0.717, 1.165) is 57.9 Å². The lowest BCUT2D eigenvalue weighted by atomic mass is 10.1. The van der Waals surface area contributed by atoms with Gasteiger partial charge in [0.2, 0.25) is 5.91 Å². The predicted octanol–water partition coefficient (Wildman–Crippen LogP) is 1.35. The quantitative estimate of drug-likeness (QED) is 0.384. The van der Waals surface area contributed by atoms with Gasteiger partial charge in [-0.3, -0.25) is 4.79 Å². The van der Waals surface area contributed by atoms with Gasteiger partial charge < -0.3 is 20.3 Å². The molecule has 0 radical (unpaired) electrons. The molecule has 1 saturated heterocycles. The molecule has 1 aliphatic carbocycles. The summed E-state index contributed by atoms with van der Waals surface area (Å²) in [4.78, 5) is 18.4. The Balaban J connectivity index is 0.00000242. The summed E-state index contributed by atoms with van der Waals surface area (Å²) in [5.41, 5.74) is 0. The Labute approximate surface area is 150 Å². The van der Waals surface area contributed by atoms with E-state index in [1.54, 1.807) is 0 Å². The van der Waals surface area contributed by atoms with Gasteiger partial charge in [0.1, 0.15) is 6.54 Å². The number of carbonyl (C=O) groups excluding carboxylic acids is 1. The summed E-state index contributed by atoms with van der Waals surface area (Å²) in [5, 5.41) is 6.24. The molecule has 0 aromatic heterocycles. The summed E-state index contributed by atoms with van der Waals surface area (Å²) in [6.07, 6.45) is 4.63. The normalized spacial score (nSPS) is 19.5. The van der Waals surface area contributed by atoms with Crippen LogP contribution in [0.5, 0.6) is 0 Å². The van der Waals surface area contributed by atoms with Crippen molar-refractivity contribution in [1.82, 2.24) is 15.5 Å². The maximum absolute atomic E-state index is 11.7. The number of rotatable bonds is 6. The molecule has 22 heavy (non-hydrogen) atoms. The van der Waals surface area contributed by atoms with Crippen molar-refractivity contribution in [3.63, 3.8) is 0 Å². The van der Waals surface area contributed by atoms with Gasteiger partial charge in [-0.2, -0.15) is 0 Å². The third-order valence-electron chi connectivity index (χ3n) is 3.79. The SMILES string of the molecule is CCNC(=NCC(=O)NC1CC1)N1CCC(OCC)CC1.I. The second-order valence-electron chi connectivity index (χ2n) is 5.65. The third kappa shape index (κ3) is 6.68. The monoisotopic (exact) mass is 424 g/mol. The highest BCUT2D eigenvalue weighted by atomic mass is 127. The molecule has 0 aromatic rings. The summed E-state index contributed by atoms with van der Waals surface area (Å²) in [7, 11) is 0. The van der Waals surface area contributed by atoms with Crippen molar-refractivity contribution in [1.29, 1.82) is 0 Å². The molecule has 0 atom stereocenters. The molecule has 6 nitrogen and oxygen atoms in total. The summed E-state index contributed by atoms with van der Waals surface area (Å²) < 4.78 is 5.67. The smallest absolute Gasteiger partial charge is 0.242 e. The zero-order valence-corrected chi connectivity index (χ0v) is 16.0. The van der Waals surface area contributed by atoms with Gasteiger partial charge in [-0.05, 0) is 39.5 Å². The first kappa shape index (κ1) is 19.5. The molecule has 1 saturated carbocycles. The van der Waals surface area contributed by atoms with Gasteiger partial charge in [-0.15, -0.1) is 24.0 Å². The second-order valence-corrected chi connectivity index (χ2v) is 5.65. The highest BCUT2D eigenvalue weighted by Gasteiger charge is 2.24. The summed E-state index contributed by atoms with van der Waals surface area (Å²) >= 11 is 0. The van der Waals surface area contributed by atoms with E-state index in [1.165, 1.54) is 0 Å². The molecular formula is C15H29IN4O2. The maximum Gasteiger partial charge on any atom is 0.242 e. The van der Waals surface area contributed by atoms with Crippen LogP contribution >= 0.6 is 24.0 Å². The highest BCUT2D eigenvalue weighted by molar-refractivity contribution is 14.0. The van der Waals surface area contributed by atoms with E-state index in [1.807, 2.05) is 13.8 Å². The molecule has 2 aliphatic rings. The summed E-state index contributed by atoms with van der Waals surface area (Å²) in [5.74, 6) is 0.871. The summed E-state index contributed by atoms with van der Waals surface area (Å²) in [6.45, 7) is 7.75. The first-order chi connectivity index (χ1) is 10.2. The van der Waals surface area contributed by atoms with E-state index in [4.69, 9.17) is 4.74 Å². The van der Waals surface area contributed by atoms with Crippen LogP contribution in [0.25, 0.3) is 0 Å². The molecule has 2 fully saturated rings. The number of nitrogens with zero attached hydrogens (tertiary/aromatic N) is 2. The van der Waals surface area contributed by atoms with Crippen LogP contribution in [0, 0.1) is 0 Å². The molecule has 128 valence electrons. The fourth-order valence-corrected chi connectivity index (χ4v) is 2.54. The van der Waals surface area contributed by atoms with Crippen molar-refractivity contribution in [2.75, 3.05) is 32.8 Å². The lowest BCUT2D eigenvalue weighted by Crippen LogP contribution is -2.47. The molecule has 2 N–H and O–H groups in total. The zero-order chi connectivity index (χ0) is 15.1. The average molecular weight is 424 g/mol. The molecule has 0 unspecified atom stereocenters. The largest absolute Gasteiger partial charge is 0.378 e. The van der Waals surface area contributed by atoms with Crippen molar-refractivity contribution in [2.24, 2.45) is 4.99 Å². The fraction of sp³-hybridized carbons (Fsp3) is 0.867. The fourth-order valence-electron chi connectivity index (χ4n) is 2.54. The Kier molecular flexibility index (Phi) is 9.08. The number of ether oxygens (including phenoxy) is 1. The average Bonchev–Trinajstić information content (AvgIpc) is 3.29. The van der Waals surface area contributed by atoms with Crippen molar-refractivity contribution in [2.45, 2.75) is 51.7 Å². The van der Waals surface area contributed by atoms with Crippen molar-refractivity contribution in [3.8, 4) is 0 Å². The zero-order valence-electron chi connectivity index (χ0n) is 13.6. The van der Waals surface area contributed by atoms with E-state index in [9.17, 15) is 4.79 Å². The third-order valence-corrected chi connectivity index (χ3v) is 3.79. The van der Waals surface area contributed by atoms with Gasteiger partial charge in [-0.25, -0.2) is 4.99 Å². The molecule has 1 amide bonds. The van der Waals surface area contributed by atoms with Crippen LogP contribution in [0.15, 0.2) is 4.99 Å². The van der Waals surface area contributed by atoms with E-state index in [2.05, 4.69) is 20.5 Å². The minimum atomic E-state index is 0. The van der Waals surface area contributed by atoms with Crippen molar-refractivity contribution < 1.29 is 9.53 Å². The molecule has 1 aliphatic heterocycles. The first-order valence-electron chi connectivity index (χ1n) is 8.17. The van der Waals surface area contributed by atoms with Crippen LogP contribution < -0.4 is 10.6 Å². The summed E-state index contributed by atoms with van der Waals surface area (Å²) in [6, 6.07) is 0.400. The Hall–Kier alpha value is -0.570. The number of halogens is 1. The molecule has 1 heterocycles. The van der Waals surface area contributed by atoms with Crippen molar-refractivity contribution >= 4 is 35.8 Å². The minimum absolute atomic E-state index is 0. The topological polar surface area (TPSA) is 66.0 Å². The van der Waals surface area contributed by atoms with E-state index >= 15 is 0 Å². The molecule has 0 spiro atoms. The predicted molar refractivity (Wildman–Crippen MR) is 98.8 cm³/mol. The number of hydrogen-bond acceptors (Lipinski definition) is 3. The van der Waals surface area contributed by atoms with E-state index in [0.29, 0.717) is 12.1 Å². The number of nitrogens with one attached hydrogen (secondary N) is 2. The molecule has 7 heteroatoms. The molecular weight excluding hydrogens is 395 g/mol. The lowest BCUT2D eigenvalue weighted by molar-refractivity contribution is -0.119. The Morgan fingerprint density at radius 3 is 2.45 bits per heavy atom. The number of hydrogen-bond donors (Lipinski definition) is 2. The Bertz CT molecular complexity index is 367. The number of aliphatic imine (C=N–C) groups is 1. The van der Waals surface area contributed by atoms with Crippen LogP contribution in [0.2, 0.25) is 0 Å². The molecule has 0 aromatic carbocycles. The Morgan fingerprint density at radius 2 is 1.91 bits per heavy atom. The standard InChI is InChI=1S/C15H28N4O2.HI/c1-3-16-15(17-11-14(20)18-12-5-6-12)19-9-7-13(8-10-19)21-4-2;/h12-13H,3-11H2,1-2H3,(H,16,17)(H,18,20);1H. The van der Waals surface area contributed by atoms with Gasteiger partial charge >= 0.3 is 0 Å². The first-order valence-corrected chi connectivity index (χ1v) is 8.17. The van der Waals surface area contributed by atoms with Gasteiger partial charge in [0.25, 0.3) is 0 Å². The number of carbonyl (C=O) groups is 1. The van der Waals surface area contributed by atoms with Crippen LogP contribution in [0.1, 0.15) is 39.5 Å². The number of guanidine groups is 1. The van der Waals surface area contributed by atoms with Crippen LogP contribution in [-0.2, 0) is 9.53 Å². The number of likely N-dealkylation sites (tertiary alicyclic amines) is 1. The van der Waals surface area contributed by atoms with Gasteiger partial charge in [0, 0.05) is 32.3 Å². The number of piperidine rings is 1. The molecule has 0 bridgehead atoms. The van der Waals surface area contributed by atoms with Crippen molar-refractivity contribution in [3.05, 3.63) is 0 Å². The Morgan fingerprint density at radius 1 is 1.23 bits per heavy atom.